The van der Waals surface area contributed by atoms with Gasteiger partial charge in [-0.3, -0.25) is 4.79 Å². The fraction of sp³-hybridized carbons (Fsp3) is 0.0714. The van der Waals surface area contributed by atoms with Crippen molar-refractivity contribution in [2.24, 2.45) is 0 Å². The molecule has 0 spiro atoms. The summed E-state index contributed by atoms with van der Waals surface area (Å²) in [6, 6.07) is 12.6. The van der Waals surface area contributed by atoms with Gasteiger partial charge in [-0.25, -0.2) is 4.39 Å². The lowest BCUT2D eigenvalue weighted by Gasteiger charge is -2.06. The quantitative estimate of drug-likeness (QED) is 0.787. The fourth-order valence-electron chi connectivity index (χ4n) is 1.45. The molecule has 0 amide bonds. The lowest BCUT2D eigenvalue weighted by Crippen LogP contribution is -2.12. The van der Waals surface area contributed by atoms with E-state index in [4.69, 9.17) is 16.3 Å². The Hall–Kier alpha value is -1.87. The normalized spacial score (nSPS) is 10.1. The maximum Gasteiger partial charge on any atom is 0.201 e. The first kappa shape index (κ1) is 12.6. The van der Waals surface area contributed by atoms with Crippen molar-refractivity contribution in [2.45, 2.75) is 0 Å². The Balaban J connectivity index is 2.06. The summed E-state index contributed by atoms with van der Waals surface area (Å²) in [4.78, 5) is 11.8. The van der Waals surface area contributed by atoms with Gasteiger partial charge in [0.15, 0.2) is 6.61 Å². The van der Waals surface area contributed by atoms with Crippen LogP contribution in [-0.4, -0.2) is 12.4 Å². The van der Waals surface area contributed by atoms with E-state index in [1.54, 1.807) is 24.3 Å². The molecule has 0 saturated carbocycles. The van der Waals surface area contributed by atoms with Crippen LogP contribution in [0.5, 0.6) is 5.75 Å². The number of carbonyl (C=O) groups excluding carboxylic acids is 1. The summed E-state index contributed by atoms with van der Waals surface area (Å²) in [5.74, 6) is -0.274. The number of carbonyl (C=O) groups is 1. The largest absolute Gasteiger partial charge is 0.485 e. The molecular weight excluding hydrogens is 255 g/mol. The highest BCUT2D eigenvalue weighted by Gasteiger charge is 2.12. The topological polar surface area (TPSA) is 26.3 Å². The Labute approximate surface area is 109 Å². The summed E-state index contributed by atoms with van der Waals surface area (Å²) in [6.07, 6.45) is 0. The van der Waals surface area contributed by atoms with E-state index >= 15 is 0 Å². The van der Waals surface area contributed by atoms with Crippen LogP contribution in [0.3, 0.4) is 0 Å². The molecule has 0 aliphatic carbocycles. The van der Waals surface area contributed by atoms with E-state index in [2.05, 4.69) is 0 Å². The second-order valence-electron chi connectivity index (χ2n) is 3.65. The number of Topliss-reactive ketones (excluding diaryl/α,β-unsaturated/α-hetero) is 1. The SMILES string of the molecule is O=C(COc1ccccc1)c1cc(F)ccc1Cl. The van der Waals surface area contributed by atoms with Crippen molar-refractivity contribution in [3.63, 3.8) is 0 Å². The molecular formula is C14H10ClFO2. The van der Waals surface area contributed by atoms with E-state index in [1.807, 2.05) is 6.07 Å². The van der Waals surface area contributed by atoms with Gasteiger partial charge in [-0.2, -0.15) is 0 Å². The molecule has 2 rings (SSSR count). The third-order valence-corrected chi connectivity index (χ3v) is 2.67. The zero-order valence-electron chi connectivity index (χ0n) is 9.40. The van der Waals surface area contributed by atoms with E-state index in [0.29, 0.717) is 5.75 Å². The van der Waals surface area contributed by atoms with Gasteiger partial charge in [-0.05, 0) is 30.3 Å². The zero-order valence-corrected chi connectivity index (χ0v) is 10.2. The minimum atomic E-state index is -0.498. The molecule has 0 aromatic heterocycles. The van der Waals surface area contributed by atoms with Crippen molar-refractivity contribution in [2.75, 3.05) is 6.61 Å². The Morgan fingerprint density at radius 3 is 2.61 bits per heavy atom. The summed E-state index contributed by atoms with van der Waals surface area (Å²) >= 11 is 5.83. The van der Waals surface area contributed by atoms with Crippen LogP contribution in [0.1, 0.15) is 10.4 Å². The molecule has 0 unspecified atom stereocenters. The summed E-state index contributed by atoms with van der Waals surface area (Å²) in [7, 11) is 0. The van der Waals surface area contributed by atoms with E-state index in [9.17, 15) is 9.18 Å². The second kappa shape index (κ2) is 5.65. The third kappa shape index (κ3) is 3.08. The second-order valence-corrected chi connectivity index (χ2v) is 4.06. The van der Waals surface area contributed by atoms with Crippen molar-refractivity contribution in [3.8, 4) is 5.75 Å². The van der Waals surface area contributed by atoms with Crippen LogP contribution in [-0.2, 0) is 0 Å². The smallest absolute Gasteiger partial charge is 0.201 e. The van der Waals surface area contributed by atoms with Crippen molar-refractivity contribution in [1.82, 2.24) is 0 Å². The van der Waals surface area contributed by atoms with Gasteiger partial charge >= 0.3 is 0 Å². The standard InChI is InChI=1S/C14H10ClFO2/c15-13-7-6-10(16)8-12(13)14(17)9-18-11-4-2-1-3-5-11/h1-8H,9H2. The lowest BCUT2D eigenvalue weighted by molar-refractivity contribution is 0.0921. The van der Waals surface area contributed by atoms with Crippen LogP contribution in [0.2, 0.25) is 5.02 Å². The van der Waals surface area contributed by atoms with Crippen LogP contribution >= 0.6 is 11.6 Å². The van der Waals surface area contributed by atoms with E-state index in [0.717, 1.165) is 6.07 Å². The molecule has 2 aromatic rings. The van der Waals surface area contributed by atoms with Gasteiger partial charge in [-0.15, -0.1) is 0 Å². The summed E-state index contributed by atoms with van der Waals surface area (Å²) < 4.78 is 18.3. The van der Waals surface area contributed by atoms with Gasteiger partial charge in [0, 0.05) is 5.56 Å². The van der Waals surface area contributed by atoms with Gasteiger partial charge in [0.05, 0.1) is 5.02 Å². The van der Waals surface area contributed by atoms with Crippen molar-refractivity contribution in [3.05, 3.63) is 64.9 Å². The van der Waals surface area contributed by atoms with Crippen molar-refractivity contribution in [1.29, 1.82) is 0 Å². The van der Waals surface area contributed by atoms with Gasteiger partial charge < -0.3 is 4.74 Å². The minimum Gasteiger partial charge on any atom is -0.485 e. The molecule has 2 nitrogen and oxygen atoms in total. The monoisotopic (exact) mass is 264 g/mol. The van der Waals surface area contributed by atoms with Crippen LogP contribution in [0.15, 0.2) is 48.5 Å². The molecule has 0 heterocycles. The highest BCUT2D eigenvalue weighted by atomic mass is 35.5. The van der Waals surface area contributed by atoms with Crippen LogP contribution < -0.4 is 4.74 Å². The maximum atomic E-state index is 13.0. The van der Waals surface area contributed by atoms with Gasteiger partial charge in [-0.1, -0.05) is 29.8 Å². The molecule has 0 N–H and O–H groups in total. The highest BCUT2D eigenvalue weighted by Crippen LogP contribution is 2.18. The predicted molar refractivity (Wildman–Crippen MR) is 67.7 cm³/mol. The number of benzene rings is 2. The van der Waals surface area contributed by atoms with E-state index < -0.39 is 5.82 Å². The fourth-order valence-corrected chi connectivity index (χ4v) is 1.68. The summed E-state index contributed by atoms with van der Waals surface area (Å²) in [5.41, 5.74) is 0.132. The molecule has 0 fully saturated rings. The van der Waals surface area contributed by atoms with Crippen LogP contribution in [0.4, 0.5) is 4.39 Å². The lowest BCUT2D eigenvalue weighted by atomic mass is 10.1. The Kier molecular flexibility index (Phi) is 3.95. The molecule has 0 bridgehead atoms. The van der Waals surface area contributed by atoms with Gasteiger partial charge in [0.25, 0.3) is 0 Å². The predicted octanol–water partition coefficient (Wildman–Crippen LogP) is 3.74. The first-order valence-corrected chi connectivity index (χ1v) is 5.71. The molecule has 0 atom stereocenters. The van der Waals surface area contributed by atoms with E-state index in [1.165, 1.54) is 12.1 Å². The number of halogens is 2. The van der Waals surface area contributed by atoms with Crippen LogP contribution in [0, 0.1) is 5.82 Å². The number of hydrogen-bond acceptors (Lipinski definition) is 2. The minimum absolute atomic E-state index is 0.132. The van der Waals surface area contributed by atoms with Crippen molar-refractivity contribution < 1.29 is 13.9 Å². The first-order chi connectivity index (χ1) is 8.66. The molecule has 0 aliphatic heterocycles. The van der Waals surface area contributed by atoms with E-state index in [-0.39, 0.29) is 23.0 Å². The summed E-state index contributed by atoms with van der Waals surface area (Å²) in [5, 5.41) is 0.220. The average molecular weight is 265 g/mol. The molecule has 0 aliphatic rings. The third-order valence-electron chi connectivity index (χ3n) is 2.34. The summed E-state index contributed by atoms with van der Waals surface area (Å²) in [6.45, 7) is -0.173. The molecule has 92 valence electrons. The molecule has 2 aromatic carbocycles. The number of ketones is 1. The van der Waals surface area contributed by atoms with Gasteiger partial charge in [0.1, 0.15) is 11.6 Å². The molecule has 0 saturated heterocycles. The zero-order chi connectivity index (χ0) is 13.0. The highest BCUT2D eigenvalue weighted by molar-refractivity contribution is 6.34. The average Bonchev–Trinajstić information content (AvgIpc) is 2.40. The number of para-hydroxylation sites is 1. The molecule has 18 heavy (non-hydrogen) atoms. The Bertz CT molecular complexity index is 555. The number of rotatable bonds is 4. The first-order valence-electron chi connectivity index (χ1n) is 5.33. The Morgan fingerprint density at radius 1 is 1.17 bits per heavy atom. The van der Waals surface area contributed by atoms with Crippen LogP contribution in [0.25, 0.3) is 0 Å². The molecule has 0 radical (unpaired) electrons. The maximum absolute atomic E-state index is 13.0. The number of hydrogen-bond donors (Lipinski definition) is 0. The van der Waals surface area contributed by atoms with Gasteiger partial charge in [0.2, 0.25) is 5.78 Å². The Morgan fingerprint density at radius 2 is 1.89 bits per heavy atom. The van der Waals surface area contributed by atoms with Crippen molar-refractivity contribution >= 4 is 17.4 Å². The number of ether oxygens (including phenoxy) is 1. The molecule has 4 heteroatoms.